The van der Waals surface area contributed by atoms with Crippen LogP contribution in [-0.4, -0.2) is 27.1 Å². The monoisotopic (exact) mass is 305 g/mol. The summed E-state index contributed by atoms with van der Waals surface area (Å²) in [6, 6.07) is -0.244. The first-order valence-corrected chi connectivity index (χ1v) is 6.87. The van der Waals surface area contributed by atoms with Gasteiger partial charge in [-0.3, -0.25) is 9.59 Å². The average Bonchev–Trinajstić information content (AvgIpc) is 3.17. The second kappa shape index (κ2) is 5.58. The molecular weight excluding hydrogens is 290 g/mol. The molecule has 3 heterocycles. The molecule has 0 saturated carbocycles. The van der Waals surface area contributed by atoms with Crippen molar-refractivity contribution >= 4 is 11.8 Å². The smallest absolute Gasteiger partial charge is 0.257 e. The maximum atomic E-state index is 12.1. The topological polar surface area (TPSA) is 123 Å². The lowest BCUT2D eigenvalue weighted by Gasteiger charge is -2.02. The van der Waals surface area contributed by atoms with Gasteiger partial charge in [0.1, 0.15) is 17.4 Å². The third-order valence-corrected chi connectivity index (χ3v) is 3.44. The summed E-state index contributed by atoms with van der Waals surface area (Å²) in [4.78, 5) is 27.4. The van der Waals surface area contributed by atoms with Crippen LogP contribution in [0.5, 0.6) is 0 Å². The quantitative estimate of drug-likeness (QED) is 0.845. The van der Waals surface area contributed by atoms with Gasteiger partial charge < -0.3 is 19.7 Å². The minimum atomic E-state index is -0.309. The van der Waals surface area contributed by atoms with Crippen LogP contribution >= 0.6 is 0 Å². The molecule has 22 heavy (non-hydrogen) atoms. The van der Waals surface area contributed by atoms with Crippen molar-refractivity contribution in [1.82, 2.24) is 25.9 Å². The number of carbonyl (C=O) groups is 2. The van der Waals surface area contributed by atoms with Crippen molar-refractivity contribution in [2.24, 2.45) is 0 Å². The van der Waals surface area contributed by atoms with Gasteiger partial charge in [0, 0.05) is 6.42 Å². The fourth-order valence-electron chi connectivity index (χ4n) is 2.34. The molecule has 1 atom stereocenters. The van der Waals surface area contributed by atoms with E-state index in [2.05, 4.69) is 25.9 Å². The zero-order valence-corrected chi connectivity index (χ0v) is 12.2. The van der Waals surface area contributed by atoms with Gasteiger partial charge in [-0.05, 0) is 20.3 Å². The van der Waals surface area contributed by atoms with Gasteiger partial charge in [-0.15, -0.1) is 0 Å². The van der Waals surface area contributed by atoms with Gasteiger partial charge in [0.15, 0.2) is 5.82 Å². The molecule has 0 spiro atoms. The Bertz CT molecular complexity index is 700. The van der Waals surface area contributed by atoms with Gasteiger partial charge in [-0.2, -0.15) is 4.98 Å². The van der Waals surface area contributed by atoms with Crippen LogP contribution in [0, 0.1) is 13.8 Å². The second-order valence-electron chi connectivity index (χ2n) is 5.09. The van der Waals surface area contributed by atoms with E-state index in [0.29, 0.717) is 41.6 Å². The van der Waals surface area contributed by atoms with E-state index < -0.39 is 0 Å². The zero-order chi connectivity index (χ0) is 15.7. The predicted molar refractivity (Wildman–Crippen MR) is 71.6 cm³/mol. The molecule has 0 aliphatic carbocycles. The Morgan fingerprint density at radius 2 is 2.18 bits per heavy atom. The summed E-state index contributed by atoms with van der Waals surface area (Å²) in [5.74, 6) is 0.814. The first-order valence-electron chi connectivity index (χ1n) is 6.87. The number of aromatic nitrogens is 3. The molecule has 1 saturated heterocycles. The highest BCUT2D eigenvalue weighted by molar-refractivity contribution is 5.95. The van der Waals surface area contributed by atoms with Crippen molar-refractivity contribution < 1.29 is 18.6 Å². The molecule has 116 valence electrons. The Kier molecular flexibility index (Phi) is 3.61. The fraction of sp³-hybridized carbons (Fsp3) is 0.462. The molecule has 2 aromatic heterocycles. The lowest BCUT2D eigenvalue weighted by atomic mass is 10.2. The number of nitrogens with one attached hydrogen (secondary N) is 2. The van der Waals surface area contributed by atoms with Gasteiger partial charge in [-0.1, -0.05) is 10.3 Å². The molecule has 1 aliphatic heterocycles. The molecular formula is C13H15N5O4. The average molecular weight is 305 g/mol. The number of carbonyl (C=O) groups excluding carboxylic acids is 2. The summed E-state index contributed by atoms with van der Waals surface area (Å²) in [6.07, 6.45) is 1.08. The highest BCUT2D eigenvalue weighted by Gasteiger charge is 2.27. The number of hydrogen-bond acceptors (Lipinski definition) is 7. The van der Waals surface area contributed by atoms with Gasteiger partial charge in [-0.25, -0.2) is 0 Å². The molecule has 1 aliphatic rings. The normalized spacial score (nSPS) is 17.5. The van der Waals surface area contributed by atoms with Crippen LogP contribution in [-0.2, 0) is 11.3 Å². The Labute approximate surface area is 125 Å². The predicted octanol–water partition coefficient (Wildman–Crippen LogP) is 0.556. The molecule has 9 nitrogen and oxygen atoms in total. The van der Waals surface area contributed by atoms with Crippen molar-refractivity contribution in [2.45, 2.75) is 39.3 Å². The van der Waals surface area contributed by atoms with E-state index >= 15 is 0 Å². The van der Waals surface area contributed by atoms with Crippen LogP contribution in [0.1, 0.15) is 52.4 Å². The standard InChI is InChI=1S/C13H15N5O4/c1-6-11(7(2)21-17-6)12(20)14-5-9-16-13(22-18-9)8-3-4-10(19)15-8/h8H,3-5H2,1-2H3,(H,14,20)(H,15,19)/t8-/m0/s1. The first kappa shape index (κ1) is 14.2. The Morgan fingerprint density at radius 1 is 1.36 bits per heavy atom. The van der Waals surface area contributed by atoms with Crippen molar-refractivity contribution in [3.8, 4) is 0 Å². The van der Waals surface area contributed by atoms with E-state index in [-0.39, 0.29) is 24.4 Å². The maximum absolute atomic E-state index is 12.1. The highest BCUT2D eigenvalue weighted by Crippen LogP contribution is 2.21. The molecule has 2 aromatic rings. The van der Waals surface area contributed by atoms with Crippen LogP contribution in [0.3, 0.4) is 0 Å². The van der Waals surface area contributed by atoms with Gasteiger partial charge in [0.05, 0.1) is 12.2 Å². The fourth-order valence-corrected chi connectivity index (χ4v) is 2.34. The number of hydrogen-bond donors (Lipinski definition) is 2. The number of nitrogens with zero attached hydrogens (tertiary/aromatic N) is 3. The second-order valence-corrected chi connectivity index (χ2v) is 5.09. The molecule has 3 rings (SSSR count). The minimum Gasteiger partial charge on any atom is -0.361 e. The third kappa shape index (κ3) is 2.69. The number of rotatable bonds is 4. The van der Waals surface area contributed by atoms with Crippen LogP contribution in [0.25, 0.3) is 0 Å². The first-order chi connectivity index (χ1) is 10.5. The van der Waals surface area contributed by atoms with Crippen LogP contribution in [0.4, 0.5) is 0 Å². The molecule has 0 aromatic carbocycles. The molecule has 2 N–H and O–H groups in total. The van der Waals surface area contributed by atoms with Gasteiger partial charge in [0.2, 0.25) is 11.8 Å². The van der Waals surface area contributed by atoms with E-state index in [9.17, 15) is 9.59 Å². The zero-order valence-electron chi connectivity index (χ0n) is 12.2. The van der Waals surface area contributed by atoms with E-state index in [1.165, 1.54) is 0 Å². The highest BCUT2D eigenvalue weighted by atomic mass is 16.5. The summed E-state index contributed by atoms with van der Waals surface area (Å²) in [5.41, 5.74) is 0.934. The summed E-state index contributed by atoms with van der Waals surface area (Å²) < 4.78 is 10.1. The Hall–Kier alpha value is -2.71. The molecule has 0 bridgehead atoms. The molecule has 0 radical (unpaired) electrons. The number of aryl methyl sites for hydroxylation is 2. The summed E-state index contributed by atoms with van der Waals surface area (Å²) in [5, 5.41) is 12.9. The van der Waals surface area contributed by atoms with Crippen LogP contribution in [0.15, 0.2) is 9.05 Å². The summed E-state index contributed by atoms with van der Waals surface area (Å²) >= 11 is 0. The van der Waals surface area contributed by atoms with Gasteiger partial charge in [0.25, 0.3) is 5.91 Å². The van der Waals surface area contributed by atoms with E-state index in [1.54, 1.807) is 13.8 Å². The van der Waals surface area contributed by atoms with Crippen molar-refractivity contribution in [2.75, 3.05) is 0 Å². The third-order valence-electron chi connectivity index (χ3n) is 3.44. The lowest BCUT2D eigenvalue weighted by molar-refractivity contribution is -0.119. The van der Waals surface area contributed by atoms with Crippen LogP contribution < -0.4 is 10.6 Å². The molecule has 2 amide bonds. The largest absolute Gasteiger partial charge is 0.361 e. The van der Waals surface area contributed by atoms with Gasteiger partial charge >= 0.3 is 0 Å². The SMILES string of the molecule is Cc1noc(C)c1C(=O)NCc1noc([C@@H]2CCC(=O)N2)n1. The summed E-state index contributed by atoms with van der Waals surface area (Å²) in [7, 11) is 0. The summed E-state index contributed by atoms with van der Waals surface area (Å²) in [6.45, 7) is 3.48. The van der Waals surface area contributed by atoms with Crippen molar-refractivity contribution in [3.63, 3.8) is 0 Å². The van der Waals surface area contributed by atoms with E-state index in [4.69, 9.17) is 9.05 Å². The van der Waals surface area contributed by atoms with E-state index in [1.807, 2.05) is 0 Å². The molecule has 1 fully saturated rings. The van der Waals surface area contributed by atoms with E-state index in [0.717, 1.165) is 0 Å². The minimum absolute atomic E-state index is 0.0311. The Morgan fingerprint density at radius 3 is 2.82 bits per heavy atom. The van der Waals surface area contributed by atoms with Crippen molar-refractivity contribution in [1.29, 1.82) is 0 Å². The Balaban J connectivity index is 1.61. The molecule has 0 unspecified atom stereocenters. The van der Waals surface area contributed by atoms with Crippen molar-refractivity contribution in [3.05, 3.63) is 28.7 Å². The lowest BCUT2D eigenvalue weighted by Crippen LogP contribution is -2.24. The number of amides is 2. The molecule has 9 heteroatoms. The van der Waals surface area contributed by atoms with Crippen LogP contribution in [0.2, 0.25) is 0 Å². The maximum Gasteiger partial charge on any atom is 0.257 e.